The van der Waals surface area contributed by atoms with E-state index in [-0.39, 0.29) is 11.2 Å². The molecule has 2 aromatic carbocycles. The van der Waals surface area contributed by atoms with E-state index in [0.717, 1.165) is 16.6 Å². The number of nitrogens with zero attached hydrogens (tertiary/aromatic N) is 3. The second kappa shape index (κ2) is 6.92. The molecule has 134 valence electrons. The predicted molar refractivity (Wildman–Crippen MR) is 105 cm³/mol. The van der Waals surface area contributed by atoms with E-state index in [1.165, 1.54) is 22.8 Å². The minimum atomic E-state index is 0.143. The van der Waals surface area contributed by atoms with Crippen LogP contribution in [0.3, 0.4) is 0 Å². The van der Waals surface area contributed by atoms with Gasteiger partial charge in [0.15, 0.2) is 5.49 Å². The van der Waals surface area contributed by atoms with Gasteiger partial charge in [-0.25, -0.2) is 9.66 Å². The quantitative estimate of drug-likeness (QED) is 0.489. The van der Waals surface area contributed by atoms with E-state index in [2.05, 4.69) is 27.2 Å². The highest BCUT2D eigenvalue weighted by Gasteiger charge is 2.13. The monoisotopic (exact) mass is 357 g/mol. The molecular formula is C21H19N5O. The summed E-state index contributed by atoms with van der Waals surface area (Å²) in [5.74, 6) is 0.143. The molecule has 0 aliphatic rings. The number of hydrogen-bond acceptors (Lipinski definition) is 4. The van der Waals surface area contributed by atoms with E-state index in [0.29, 0.717) is 17.6 Å². The number of aromatic amines is 1. The first kappa shape index (κ1) is 16.8. The first-order valence-electron chi connectivity index (χ1n) is 8.63. The van der Waals surface area contributed by atoms with Gasteiger partial charge >= 0.3 is 0 Å². The lowest BCUT2D eigenvalue weighted by atomic mass is 10.0. The number of hydrogen-bond donors (Lipinski definition) is 3. The van der Waals surface area contributed by atoms with Gasteiger partial charge in [0.25, 0.3) is 0 Å². The van der Waals surface area contributed by atoms with Crippen LogP contribution in [-0.4, -0.2) is 26.0 Å². The number of aromatic hydroxyl groups is 1. The Bertz CT molecular complexity index is 1190. The number of nitrogens with one attached hydrogen (secondary N) is 2. The van der Waals surface area contributed by atoms with Gasteiger partial charge in [-0.15, -0.1) is 0 Å². The molecule has 0 saturated heterocycles. The van der Waals surface area contributed by atoms with Crippen molar-refractivity contribution in [2.24, 2.45) is 5.10 Å². The van der Waals surface area contributed by atoms with Gasteiger partial charge in [-0.05, 0) is 30.2 Å². The zero-order valence-electron chi connectivity index (χ0n) is 14.8. The molecule has 3 N–H and O–H groups in total. The number of aromatic nitrogens is 3. The van der Waals surface area contributed by atoms with Crippen LogP contribution in [0.1, 0.15) is 22.4 Å². The van der Waals surface area contributed by atoms with Crippen LogP contribution in [0.2, 0.25) is 0 Å². The van der Waals surface area contributed by atoms with Crippen molar-refractivity contribution in [2.45, 2.75) is 13.3 Å². The van der Waals surface area contributed by atoms with Crippen molar-refractivity contribution in [3.05, 3.63) is 88.8 Å². The zero-order valence-corrected chi connectivity index (χ0v) is 14.8. The van der Waals surface area contributed by atoms with Crippen molar-refractivity contribution < 1.29 is 5.11 Å². The van der Waals surface area contributed by atoms with Gasteiger partial charge in [0.2, 0.25) is 0 Å². The summed E-state index contributed by atoms with van der Waals surface area (Å²) in [5, 5.41) is 23.5. The molecule has 27 heavy (non-hydrogen) atoms. The Morgan fingerprint density at radius 3 is 2.67 bits per heavy atom. The standard InChI is InChI=1S/C21H19N5O/c1-14-17(11-15-7-3-2-4-8-15)19-20(22)26(13-23-21(19)25-14)24-12-16-9-5-6-10-18(16)27/h2-10,12-13,22,25,27H,11H2,1H3/b22-20?,24-12+. The summed E-state index contributed by atoms with van der Waals surface area (Å²) in [4.78, 5) is 7.67. The number of rotatable bonds is 4. The third-order valence-corrected chi connectivity index (χ3v) is 4.54. The van der Waals surface area contributed by atoms with Crippen LogP contribution in [0.4, 0.5) is 0 Å². The molecule has 6 nitrogen and oxygen atoms in total. The van der Waals surface area contributed by atoms with Gasteiger partial charge < -0.3 is 10.1 Å². The van der Waals surface area contributed by atoms with Crippen molar-refractivity contribution in [1.82, 2.24) is 14.6 Å². The van der Waals surface area contributed by atoms with Crippen LogP contribution in [0.25, 0.3) is 11.0 Å². The minimum absolute atomic E-state index is 0.143. The summed E-state index contributed by atoms with van der Waals surface area (Å²) >= 11 is 0. The molecule has 0 saturated carbocycles. The van der Waals surface area contributed by atoms with Crippen molar-refractivity contribution in [3.8, 4) is 5.75 Å². The number of aryl methyl sites for hydroxylation is 1. The molecule has 0 radical (unpaired) electrons. The van der Waals surface area contributed by atoms with E-state index in [9.17, 15) is 5.11 Å². The number of H-pyrrole nitrogens is 1. The number of fused-ring (bicyclic) bond motifs is 1. The molecule has 0 spiro atoms. The highest BCUT2D eigenvalue weighted by atomic mass is 16.3. The molecular weight excluding hydrogens is 338 g/mol. The molecule has 0 aliphatic carbocycles. The number of phenolic OH excluding ortho intramolecular Hbond substituents is 1. The maximum atomic E-state index is 9.87. The maximum absolute atomic E-state index is 9.87. The number of para-hydroxylation sites is 1. The first-order valence-corrected chi connectivity index (χ1v) is 8.63. The Labute approximate surface area is 156 Å². The van der Waals surface area contributed by atoms with Crippen molar-refractivity contribution in [3.63, 3.8) is 0 Å². The second-order valence-electron chi connectivity index (χ2n) is 6.36. The lowest BCUT2D eigenvalue weighted by molar-refractivity contribution is 0.474. The van der Waals surface area contributed by atoms with Crippen molar-refractivity contribution in [2.75, 3.05) is 0 Å². The molecule has 6 heteroatoms. The normalized spacial score (nSPS) is 11.4. The Kier molecular flexibility index (Phi) is 4.30. The number of phenols is 1. The average molecular weight is 357 g/mol. The summed E-state index contributed by atoms with van der Waals surface area (Å²) in [7, 11) is 0. The minimum Gasteiger partial charge on any atom is -0.507 e. The molecule has 0 bridgehead atoms. The molecule has 0 fully saturated rings. The Balaban J connectivity index is 1.78. The van der Waals surface area contributed by atoms with Gasteiger partial charge in [-0.1, -0.05) is 42.5 Å². The third kappa shape index (κ3) is 3.25. The van der Waals surface area contributed by atoms with Gasteiger partial charge in [0.1, 0.15) is 17.7 Å². The summed E-state index contributed by atoms with van der Waals surface area (Å²) < 4.78 is 1.41. The highest BCUT2D eigenvalue weighted by molar-refractivity contribution is 5.83. The average Bonchev–Trinajstić information content (AvgIpc) is 2.99. The predicted octanol–water partition coefficient (Wildman–Crippen LogP) is 3.33. The van der Waals surface area contributed by atoms with Crippen molar-refractivity contribution >= 4 is 17.2 Å². The van der Waals surface area contributed by atoms with Crippen molar-refractivity contribution in [1.29, 1.82) is 5.41 Å². The fourth-order valence-electron chi connectivity index (χ4n) is 3.11. The molecule has 2 heterocycles. The van der Waals surface area contributed by atoms with E-state index >= 15 is 0 Å². The molecule has 0 unspecified atom stereocenters. The van der Waals surface area contributed by atoms with Gasteiger partial charge in [-0.2, -0.15) is 5.10 Å². The van der Waals surface area contributed by atoms with E-state index in [1.54, 1.807) is 18.2 Å². The largest absolute Gasteiger partial charge is 0.507 e. The van der Waals surface area contributed by atoms with Gasteiger partial charge in [-0.3, -0.25) is 5.41 Å². The van der Waals surface area contributed by atoms with Crippen LogP contribution in [0, 0.1) is 12.3 Å². The topological polar surface area (TPSA) is 90.1 Å². The van der Waals surface area contributed by atoms with Crippen LogP contribution in [-0.2, 0) is 6.42 Å². The molecule has 0 amide bonds. The van der Waals surface area contributed by atoms with Crippen LogP contribution >= 0.6 is 0 Å². The maximum Gasteiger partial charge on any atom is 0.159 e. The molecule has 0 aliphatic heterocycles. The summed E-state index contributed by atoms with van der Waals surface area (Å²) in [6.07, 6.45) is 3.74. The number of benzene rings is 2. The summed E-state index contributed by atoms with van der Waals surface area (Å²) in [5.41, 5.74) is 4.73. The summed E-state index contributed by atoms with van der Waals surface area (Å²) in [6.45, 7) is 2.00. The van der Waals surface area contributed by atoms with Crippen LogP contribution in [0.5, 0.6) is 5.75 Å². The van der Waals surface area contributed by atoms with Crippen LogP contribution < -0.4 is 5.49 Å². The molecule has 0 atom stereocenters. The van der Waals surface area contributed by atoms with E-state index < -0.39 is 0 Å². The van der Waals surface area contributed by atoms with E-state index in [4.69, 9.17) is 5.41 Å². The summed E-state index contributed by atoms with van der Waals surface area (Å²) in [6, 6.07) is 17.1. The van der Waals surface area contributed by atoms with E-state index in [1.807, 2.05) is 31.2 Å². The first-order chi connectivity index (χ1) is 13.1. The fourth-order valence-corrected chi connectivity index (χ4v) is 3.11. The molecule has 2 aromatic heterocycles. The SMILES string of the molecule is Cc1[nH]c2ncn(/N=C/c3ccccc3O)c(=N)c2c1Cc1ccccc1. The molecule has 4 rings (SSSR count). The molecule has 4 aromatic rings. The van der Waals surface area contributed by atoms with Crippen LogP contribution in [0.15, 0.2) is 66.0 Å². The smallest absolute Gasteiger partial charge is 0.159 e. The third-order valence-electron chi connectivity index (χ3n) is 4.54. The Hall–Kier alpha value is -3.67. The Morgan fingerprint density at radius 1 is 1.15 bits per heavy atom. The lowest BCUT2D eigenvalue weighted by Gasteiger charge is -2.04. The Morgan fingerprint density at radius 2 is 1.89 bits per heavy atom. The highest BCUT2D eigenvalue weighted by Crippen LogP contribution is 2.20. The van der Waals surface area contributed by atoms with Gasteiger partial charge in [0, 0.05) is 17.7 Å². The lowest BCUT2D eigenvalue weighted by Crippen LogP contribution is -2.18. The second-order valence-corrected chi connectivity index (χ2v) is 6.36. The fraction of sp³-hybridized carbons (Fsp3) is 0.0952. The zero-order chi connectivity index (χ0) is 18.8. The van der Waals surface area contributed by atoms with Gasteiger partial charge in [0.05, 0.1) is 11.6 Å².